The quantitative estimate of drug-likeness (QED) is 0.438. The van der Waals surface area contributed by atoms with Crippen LogP contribution in [0.4, 0.5) is 10.1 Å². The average Bonchev–Trinajstić information content (AvgIpc) is 2.88. The Labute approximate surface area is 226 Å². The molecule has 0 saturated carbocycles. The third-order valence-electron chi connectivity index (χ3n) is 6.44. The molecular weight excluding hydrogens is 555 g/mol. The number of nitrogens with zero attached hydrogens (tertiary/aromatic N) is 1. The molecule has 0 aliphatic carbocycles. The van der Waals surface area contributed by atoms with Crippen molar-refractivity contribution in [1.82, 2.24) is 5.32 Å². The summed E-state index contributed by atoms with van der Waals surface area (Å²) < 4.78 is 67.0. The molecule has 1 aliphatic heterocycles. The Bertz CT molecular complexity index is 1590. The highest BCUT2D eigenvalue weighted by molar-refractivity contribution is 7.93. The van der Waals surface area contributed by atoms with Crippen molar-refractivity contribution in [3.8, 4) is 0 Å². The molecule has 0 radical (unpaired) electrons. The molecule has 38 heavy (non-hydrogen) atoms. The van der Waals surface area contributed by atoms with Gasteiger partial charge < -0.3 is 10.4 Å². The highest BCUT2D eigenvalue weighted by Gasteiger charge is 2.38. The molecule has 8 nitrogen and oxygen atoms in total. The Hall–Kier alpha value is -2.99. The van der Waals surface area contributed by atoms with Gasteiger partial charge in [-0.1, -0.05) is 36.7 Å². The number of carbonyl (C=O) groups is 1. The van der Waals surface area contributed by atoms with Gasteiger partial charge in [0.2, 0.25) is 0 Å². The Morgan fingerprint density at radius 1 is 1.16 bits per heavy atom. The summed E-state index contributed by atoms with van der Waals surface area (Å²) in [6.45, 7) is 2.70. The van der Waals surface area contributed by atoms with Crippen LogP contribution in [0.25, 0.3) is 0 Å². The lowest BCUT2D eigenvalue weighted by molar-refractivity contribution is 0.0915. The monoisotopic (exact) mass is 580 g/mol. The molecule has 0 fully saturated rings. The van der Waals surface area contributed by atoms with Crippen molar-refractivity contribution in [2.24, 2.45) is 0 Å². The van der Waals surface area contributed by atoms with E-state index < -0.39 is 50.3 Å². The van der Waals surface area contributed by atoms with E-state index in [1.165, 1.54) is 49.4 Å². The summed E-state index contributed by atoms with van der Waals surface area (Å²) in [6, 6.07) is 12.3. The molecule has 3 aromatic carbocycles. The zero-order valence-corrected chi connectivity index (χ0v) is 22.9. The fourth-order valence-corrected chi connectivity index (χ4v) is 7.47. The second kappa shape index (κ2) is 10.6. The first-order valence-corrected chi connectivity index (χ1v) is 15.2. The maximum absolute atomic E-state index is 15.3. The van der Waals surface area contributed by atoms with Gasteiger partial charge in [-0.3, -0.25) is 9.10 Å². The van der Waals surface area contributed by atoms with Crippen molar-refractivity contribution in [2.75, 3.05) is 16.7 Å². The van der Waals surface area contributed by atoms with Gasteiger partial charge in [-0.15, -0.1) is 0 Å². The van der Waals surface area contributed by atoms with Crippen LogP contribution in [0.1, 0.15) is 41.4 Å². The Morgan fingerprint density at radius 2 is 1.84 bits per heavy atom. The third kappa shape index (κ3) is 5.28. The van der Waals surface area contributed by atoms with Crippen LogP contribution in [-0.2, 0) is 26.3 Å². The number of benzene rings is 3. The number of carbonyl (C=O) groups excluding carboxylic acids is 1. The molecule has 202 valence electrons. The van der Waals surface area contributed by atoms with Gasteiger partial charge in [0, 0.05) is 16.6 Å². The number of fused-ring (bicyclic) bond motifs is 1. The van der Waals surface area contributed by atoms with Gasteiger partial charge in [0.05, 0.1) is 33.9 Å². The summed E-state index contributed by atoms with van der Waals surface area (Å²) in [5.41, 5.74) is 0.759. The van der Waals surface area contributed by atoms with Crippen LogP contribution in [0.3, 0.4) is 0 Å². The molecule has 12 heteroatoms. The van der Waals surface area contributed by atoms with Crippen LogP contribution in [0.2, 0.25) is 5.02 Å². The third-order valence-corrected chi connectivity index (χ3v) is 10.4. The van der Waals surface area contributed by atoms with Crippen LogP contribution in [-0.4, -0.2) is 46.3 Å². The minimum atomic E-state index is -4.11. The van der Waals surface area contributed by atoms with Gasteiger partial charge in [-0.2, -0.15) is 0 Å². The number of sulfone groups is 1. The van der Waals surface area contributed by atoms with E-state index in [9.17, 15) is 26.7 Å². The lowest BCUT2D eigenvalue weighted by atomic mass is 10.1. The fourth-order valence-electron chi connectivity index (χ4n) is 4.43. The van der Waals surface area contributed by atoms with Gasteiger partial charge in [-0.05, 0) is 66.9 Å². The second-order valence-electron chi connectivity index (χ2n) is 8.95. The largest absolute Gasteiger partial charge is 0.394 e. The zero-order chi connectivity index (χ0) is 27.8. The summed E-state index contributed by atoms with van der Waals surface area (Å²) in [5.74, 6) is -1.68. The van der Waals surface area contributed by atoms with Gasteiger partial charge in [0.1, 0.15) is 5.82 Å². The van der Waals surface area contributed by atoms with Crippen molar-refractivity contribution in [1.29, 1.82) is 0 Å². The number of aliphatic hydroxyl groups excluding tert-OH is 1. The number of sulfonamides is 1. The van der Waals surface area contributed by atoms with Crippen LogP contribution in [0, 0.1) is 5.82 Å². The predicted octanol–water partition coefficient (Wildman–Crippen LogP) is 3.88. The first kappa shape index (κ1) is 28.0. The Morgan fingerprint density at radius 3 is 2.45 bits per heavy atom. The van der Waals surface area contributed by atoms with E-state index in [-0.39, 0.29) is 31.8 Å². The van der Waals surface area contributed by atoms with Gasteiger partial charge in [-0.25, -0.2) is 21.2 Å². The fraction of sp³-hybridized carbons (Fsp3) is 0.269. The molecule has 1 unspecified atom stereocenters. The van der Waals surface area contributed by atoms with E-state index in [1.807, 2.05) is 0 Å². The molecule has 1 amide bonds. The number of rotatable bonds is 7. The number of nitrogens with one attached hydrogen (secondary N) is 1. The smallest absolute Gasteiger partial charge is 0.264 e. The Balaban J connectivity index is 1.58. The summed E-state index contributed by atoms with van der Waals surface area (Å²) in [4.78, 5) is 13.0. The number of halogens is 2. The van der Waals surface area contributed by atoms with E-state index in [1.54, 1.807) is 19.1 Å². The normalized spacial score (nSPS) is 17.5. The molecule has 1 heterocycles. The minimum absolute atomic E-state index is 0.00728. The van der Waals surface area contributed by atoms with E-state index in [2.05, 4.69) is 5.32 Å². The van der Waals surface area contributed by atoms with E-state index >= 15 is 4.39 Å². The minimum Gasteiger partial charge on any atom is -0.394 e. The lowest BCUT2D eigenvalue weighted by Crippen LogP contribution is -2.44. The molecule has 2 atom stereocenters. The van der Waals surface area contributed by atoms with Crippen molar-refractivity contribution < 1.29 is 31.1 Å². The van der Waals surface area contributed by atoms with Crippen LogP contribution < -0.4 is 9.62 Å². The number of anilines is 1. The predicted molar refractivity (Wildman–Crippen MR) is 142 cm³/mol. The van der Waals surface area contributed by atoms with Gasteiger partial charge in [0.25, 0.3) is 15.9 Å². The first-order chi connectivity index (χ1) is 17.9. The van der Waals surface area contributed by atoms with Gasteiger partial charge >= 0.3 is 0 Å². The van der Waals surface area contributed by atoms with E-state index in [0.29, 0.717) is 17.5 Å². The number of aliphatic hydroxyl groups is 1. The maximum atomic E-state index is 15.3. The Kier molecular flexibility index (Phi) is 7.85. The zero-order valence-electron chi connectivity index (χ0n) is 20.6. The molecular formula is C26H26ClFN2O6S2. The SMILES string of the molecule is CCS(=O)(=O)c1ccc([C@H](CO)NC(=O)c2ccc(N3C(C)Cc4ccc(Cl)cc4S3(=O)=O)c(F)c2)cc1. The molecule has 2 N–H and O–H groups in total. The van der Waals surface area contributed by atoms with E-state index in [4.69, 9.17) is 11.6 Å². The molecule has 1 aliphatic rings. The van der Waals surface area contributed by atoms with Crippen molar-refractivity contribution >= 4 is 43.1 Å². The molecule has 0 spiro atoms. The average molecular weight is 581 g/mol. The second-order valence-corrected chi connectivity index (χ2v) is 13.5. The van der Waals surface area contributed by atoms with E-state index in [0.717, 1.165) is 10.4 Å². The summed E-state index contributed by atoms with van der Waals surface area (Å²) in [5, 5.41) is 12.7. The number of hydrogen-bond donors (Lipinski definition) is 2. The van der Waals surface area contributed by atoms with Gasteiger partial charge in [0.15, 0.2) is 9.84 Å². The van der Waals surface area contributed by atoms with Crippen molar-refractivity contribution in [3.05, 3.63) is 88.2 Å². The molecule has 0 saturated heterocycles. The number of hydrogen-bond acceptors (Lipinski definition) is 6. The summed E-state index contributed by atoms with van der Waals surface area (Å²) >= 11 is 6.01. The highest BCUT2D eigenvalue weighted by Crippen LogP contribution is 2.37. The summed E-state index contributed by atoms with van der Waals surface area (Å²) in [7, 11) is -7.51. The molecule has 3 aromatic rings. The molecule has 4 rings (SSSR count). The van der Waals surface area contributed by atoms with Crippen LogP contribution in [0.5, 0.6) is 0 Å². The summed E-state index contributed by atoms with van der Waals surface area (Å²) in [6.07, 6.45) is 0.351. The van der Waals surface area contributed by atoms with Crippen molar-refractivity contribution in [2.45, 2.75) is 42.1 Å². The van der Waals surface area contributed by atoms with Crippen LogP contribution >= 0.6 is 11.6 Å². The molecule has 0 aromatic heterocycles. The first-order valence-electron chi connectivity index (χ1n) is 11.8. The molecule has 0 bridgehead atoms. The highest BCUT2D eigenvalue weighted by atomic mass is 35.5. The number of amides is 1. The topological polar surface area (TPSA) is 121 Å². The lowest BCUT2D eigenvalue weighted by Gasteiger charge is -2.35. The maximum Gasteiger partial charge on any atom is 0.264 e. The standard InChI is InChI=1S/C26H26ClFN2O6S2/c1-3-37(33,34)21-9-5-17(6-10-21)23(15-31)29-26(32)19-7-11-24(22(28)13-19)30-16(2)12-18-4-8-20(27)14-25(18)38(30,35)36/h4-11,13-14,16,23,31H,3,12,15H2,1-2H3,(H,29,32)/t16?,23-/m0/s1. The van der Waals surface area contributed by atoms with Crippen molar-refractivity contribution in [3.63, 3.8) is 0 Å². The van der Waals surface area contributed by atoms with Crippen LogP contribution in [0.15, 0.2) is 70.5 Å².